The van der Waals surface area contributed by atoms with E-state index in [1.807, 2.05) is 28.9 Å². The first kappa shape index (κ1) is 15.4. The van der Waals surface area contributed by atoms with E-state index in [0.717, 1.165) is 31.4 Å². The Kier molecular flexibility index (Phi) is 3.88. The Morgan fingerprint density at radius 2 is 1.96 bits per heavy atom. The third kappa shape index (κ3) is 2.63. The molecule has 2 aliphatic rings. The molecule has 24 heavy (non-hydrogen) atoms. The third-order valence-corrected chi connectivity index (χ3v) is 5.68. The highest BCUT2D eigenvalue weighted by Crippen LogP contribution is 2.52. The van der Waals surface area contributed by atoms with E-state index in [2.05, 4.69) is 11.5 Å². The van der Waals surface area contributed by atoms with Crippen LogP contribution in [-0.2, 0) is 12.8 Å². The Bertz CT molecular complexity index is 719. The summed E-state index contributed by atoms with van der Waals surface area (Å²) in [6, 6.07) is 7.52. The summed E-state index contributed by atoms with van der Waals surface area (Å²) in [4.78, 5) is 11.6. The van der Waals surface area contributed by atoms with Crippen molar-refractivity contribution in [2.24, 2.45) is 17.8 Å². The first-order valence-corrected chi connectivity index (χ1v) is 8.72. The number of carbonyl (C=O) groups is 1. The van der Waals surface area contributed by atoms with E-state index >= 15 is 0 Å². The van der Waals surface area contributed by atoms with E-state index in [4.69, 9.17) is 5.10 Å². The Morgan fingerprint density at radius 3 is 2.62 bits per heavy atom. The normalized spacial score (nSPS) is 25.2. The van der Waals surface area contributed by atoms with Gasteiger partial charge in [-0.2, -0.15) is 5.10 Å². The number of hydrogen-bond donors (Lipinski definition) is 2. The Morgan fingerprint density at radius 1 is 1.25 bits per heavy atom. The second kappa shape index (κ2) is 6.06. The summed E-state index contributed by atoms with van der Waals surface area (Å²) in [5.41, 5.74) is 4.15. The van der Waals surface area contributed by atoms with Gasteiger partial charge in [0.1, 0.15) is 0 Å². The first-order chi connectivity index (χ1) is 11.7. The van der Waals surface area contributed by atoms with Gasteiger partial charge in [0, 0.05) is 25.4 Å². The number of aryl methyl sites for hydroxylation is 2. The van der Waals surface area contributed by atoms with Gasteiger partial charge in [-0.3, -0.25) is 4.79 Å². The molecule has 0 bridgehead atoms. The second-order valence-corrected chi connectivity index (χ2v) is 6.92. The summed E-state index contributed by atoms with van der Waals surface area (Å²) < 4.78 is 1.93. The molecule has 5 heteroatoms. The number of rotatable bonds is 3. The highest BCUT2D eigenvalue weighted by Gasteiger charge is 2.48. The molecule has 2 N–H and O–H groups in total. The number of fused-ring (bicyclic) bond motifs is 2. The zero-order valence-corrected chi connectivity index (χ0v) is 13.9. The molecule has 0 saturated heterocycles. The first-order valence-electron chi connectivity index (χ1n) is 8.72. The minimum atomic E-state index is -0.0769. The quantitative estimate of drug-likeness (QED) is 0.906. The Balaban J connectivity index is 1.54. The van der Waals surface area contributed by atoms with Gasteiger partial charge in [-0.1, -0.05) is 0 Å². The fourth-order valence-corrected chi connectivity index (χ4v) is 4.18. The molecule has 2 aromatic rings. The average Bonchev–Trinajstić information content (AvgIpc) is 3.13. The summed E-state index contributed by atoms with van der Waals surface area (Å²) in [5.74, 6) is 1.85. The van der Waals surface area contributed by atoms with Crippen LogP contribution in [-0.4, -0.2) is 34.4 Å². The van der Waals surface area contributed by atoms with Crippen molar-refractivity contribution in [2.75, 3.05) is 13.7 Å². The molecular formula is C19H23N3O2. The predicted octanol–water partition coefficient (Wildman–Crippen LogP) is 1.97. The molecule has 3 unspecified atom stereocenters. The average molecular weight is 325 g/mol. The van der Waals surface area contributed by atoms with Crippen LogP contribution in [0.5, 0.6) is 0 Å². The van der Waals surface area contributed by atoms with Crippen LogP contribution >= 0.6 is 0 Å². The standard InChI is InChI=1S/C19H23N3O2/c1-20-19(24)12-2-5-14(6-3-12)22-10-13-4-7-15-16(17(15)11-23)8-9-18(13)21-22/h2-3,5-6,10,15-17,23H,4,7-9,11H2,1H3,(H,20,24). The minimum Gasteiger partial charge on any atom is -0.396 e. The number of nitrogens with zero attached hydrogens (tertiary/aromatic N) is 2. The molecule has 1 saturated carbocycles. The summed E-state index contributed by atoms with van der Waals surface area (Å²) in [5, 5.41) is 16.8. The molecule has 0 aliphatic heterocycles. The van der Waals surface area contributed by atoms with Gasteiger partial charge in [-0.15, -0.1) is 0 Å². The van der Waals surface area contributed by atoms with Gasteiger partial charge in [0.25, 0.3) is 5.91 Å². The summed E-state index contributed by atoms with van der Waals surface area (Å²) in [7, 11) is 1.63. The Hall–Kier alpha value is -2.14. The van der Waals surface area contributed by atoms with Gasteiger partial charge >= 0.3 is 0 Å². The van der Waals surface area contributed by atoms with Crippen molar-refractivity contribution in [3.63, 3.8) is 0 Å². The van der Waals surface area contributed by atoms with Crippen molar-refractivity contribution in [1.82, 2.24) is 15.1 Å². The van der Waals surface area contributed by atoms with E-state index < -0.39 is 0 Å². The molecule has 5 nitrogen and oxygen atoms in total. The molecule has 0 spiro atoms. The van der Waals surface area contributed by atoms with E-state index in [0.29, 0.717) is 29.9 Å². The van der Waals surface area contributed by atoms with Crippen LogP contribution in [0.1, 0.15) is 34.5 Å². The summed E-state index contributed by atoms with van der Waals surface area (Å²) in [6.45, 7) is 0.338. The number of carbonyl (C=O) groups excluding carboxylic acids is 1. The van der Waals surface area contributed by atoms with Crippen molar-refractivity contribution in [3.8, 4) is 5.69 Å². The lowest BCUT2D eigenvalue weighted by molar-refractivity contribution is 0.0963. The fraction of sp³-hybridized carbons (Fsp3) is 0.474. The van der Waals surface area contributed by atoms with E-state index in [-0.39, 0.29) is 5.91 Å². The molecule has 4 rings (SSSR count). The second-order valence-electron chi connectivity index (χ2n) is 6.92. The van der Waals surface area contributed by atoms with Gasteiger partial charge in [-0.05, 0) is 73.3 Å². The lowest BCUT2D eigenvalue weighted by Gasteiger charge is -2.06. The highest BCUT2D eigenvalue weighted by atomic mass is 16.3. The van der Waals surface area contributed by atoms with Crippen LogP contribution in [0, 0.1) is 17.8 Å². The van der Waals surface area contributed by atoms with Crippen LogP contribution in [0.15, 0.2) is 30.5 Å². The summed E-state index contributed by atoms with van der Waals surface area (Å²) >= 11 is 0. The SMILES string of the molecule is CNC(=O)c1ccc(-n2cc3c(n2)CCC2C(CO)C2CC3)cc1. The third-order valence-electron chi connectivity index (χ3n) is 5.68. The molecule has 1 aromatic heterocycles. The van der Waals surface area contributed by atoms with E-state index in [1.54, 1.807) is 7.05 Å². The van der Waals surface area contributed by atoms with Gasteiger partial charge in [0.05, 0.1) is 11.4 Å². The van der Waals surface area contributed by atoms with Gasteiger partial charge in [0.15, 0.2) is 0 Å². The van der Waals surface area contributed by atoms with Crippen molar-refractivity contribution >= 4 is 5.91 Å². The van der Waals surface area contributed by atoms with Crippen molar-refractivity contribution in [2.45, 2.75) is 25.7 Å². The molecule has 3 atom stereocenters. The molecule has 1 amide bonds. The van der Waals surface area contributed by atoms with Crippen molar-refractivity contribution in [3.05, 3.63) is 47.3 Å². The maximum Gasteiger partial charge on any atom is 0.251 e. The van der Waals surface area contributed by atoms with Crippen LogP contribution in [0.25, 0.3) is 5.69 Å². The van der Waals surface area contributed by atoms with Gasteiger partial charge < -0.3 is 10.4 Å². The number of hydrogen-bond acceptors (Lipinski definition) is 3. The van der Waals surface area contributed by atoms with Crippen LogP contribution in [0.2, 0.25) is 0 Å². The smallest absolute Gasteiger partial charge is 0.251 e. The predicted molar refractivity (Wildman–Crippen MR) is 91.2 cm³/mol. The zero-order chi connectivity index (χ0) is 16.7. The topological polar surface area (TPSA) is 67.2 Å². The monoisotopic (exact) mass is 325 g/mol. The number of aliphatic hydroxyl groups is 1. The molecule has 1 aromatic carbocycles. The van der Waals surface area contributed by atoms with E-state index in [1.165, 1.54) is 11.3 Å². The minimum absolute atomic E-state index is 0.0769. The largest absolute Gasteiger partial charge is 0.396 e. The van der Waals surface area contributed by atoms with Crippen LogP contribution in [0.3, 0.4) is 0 Å². The number of nitrogens with one attached hydrogen (secondary N) is 1. The van der Waals surface area contributed by atoms with Gasteiger partial charge in [0.2, 0.25) is 0 Å². The Labute approximate surface area is 141 Å². The molecule has 126 valence electrons. The maximum absolute atomic E-state index is 11.6. The van der Waals surface area contributed by atoms with Gasteiger partial charge in [-0.25, -0.2) is 4.68 Å². The number of aromatic nitrogens is 2. The van der Waals surface area contributed by atoms with Crippen molar-refractivity contribution in [1.29, 1.82) is 0 Å². The summed E-state index contributed by atoms with van der Waals surface area (Å²) in [6.07, 6.45) is 6.46. The van der Waals surface area contributed by atoms with Crippen LogP contribution < -0.4 is 5.32 Å². The molecule has 0 radical (unpaired) electrons. The zero-order valence-electron chi connectivity index (χ0n) is 13.9. The lowest BCUT2D eigenvalue weighted by atomic mass is 9.99. The van der Waals surface area contributed by atoms with Crippen LogP contribution in [0.4, 0.5) is 0 Å². The number of aliphatic hydroxyl groups excluding tert-OH is 1. The molecule has 2 aliphatic carbocycles. The number of benzene rings is 1. The molecular weight excluding hydrogens is 302 g/mol. The lowest BCUT2D eigenvalue weighted by Crippen LogP contribution is -2.17. The number of amides is 1. The fourth-order valence-electron chi connectivity index (χ4n) is 4.18. The van der Waals surface area contributed by atoms with E-state index in [9.17, 15) is 9.90 Å². The maximum atomic E-state index is 11.6. The van der Waals surface area contributed by atoms with Crippen molar-refractivity contribution < 1.29 is 9.90 Å². The molecule has 1 fully saturated rings. The molecule has 1 heterocycles. The highest BCUT2D eigenvalue weighted by molar-refractivity contribution is 5.94.